The number of rotatable bonds is 8. The monoisotopic (exact) mass is 267 g/mol. The van der Waals surface area contributed by atoms with Crippen molar-refractivity contribution in [3.05, 3.63) is 17.7 Å². The number of hydrogen-bond acceptors (Lipinski definition) is 5. The van der Waals surface area contributed by atoms with Crippen LogP contribution in [-0.2, 0) is 11.3 Å². The normalized spacial score (nSPS) is 11.1. The van der Waals surface area contributed by atoms with Crippen LogP contribution in [-0.4, -0.2) is 41.4 Å². The van der Waals surface area contributed by atoms with E-state index in [9.17, 15) is 5.11 Å². The molecule has 5 heteroatoms. The van der Waals surface area contributed by atoms with Gasteiger partial charge in [0.2, 0.25) is 0 Å². The lowest BCUT2D eigenvalue weighted by molar-refractivity contribution is 0.154. The number of hydrogen-bond donors (Lipinski definition) is 1. The van der Waals surface area contributed by atoms with Gasteiger partial charge in [0.15, 0.2) is 0 Å². The molecule has 0 atom stereocenters. The standard InChI is InChI=1S/C14H25N3O2/c1-5-17(7-8-19-6-2)13-9-15-14(11(3)4)16-12(13)10-18/h9,11,18H,5-8,10H2,1-4H3. The smallest absolute Gasteiger partial charge is 0.131 e. The van der Waals surface area contributed by atoms with Crippen molar-refractivity contribution >= 4 is 5.69 Å². The second-order valence-electron chi connectivity index (χ2n) is 4.65. The summed E-state index contributed by atoms with van der Waals surface area (Å²) in [4.78, 5) is 11.0. The minimum atomic E-state index is -0.0668. The first-order chi connectivity index (χ1) is 9.13. The van der Waals surface area contributed by atoms with Crippen molar-refractivity contribution in [1.82, 2.24) is 9.97 Å². The lowest BCUT2D eigenvalue weighted by Gasteiger charge is -2.24. The number of aromatic nitrogens is 2. The van der Waals surface area contributed by atoms with Crippen LogP contribution in [0, 0.1) is 0 Å². The average Bonchev–Trinajstić information content (AvgIpc) is 2.43. The predicted octanol–water partition coefficient (Wildman–Crippen LogP) is 1.96. The first-order valence-corrected chi connectivity index (χ1v) is 6.93. The molecule has 1 rings (SSSR count). The van der Waals surface area contributed by atoms with E-state index in [-0.39, 0.29) is 12.5 Å². The van der Waals surface area contributed by atoms with Gasteiger partial charge in [-0.1, -0.05) is 13.8 Å². The Morgan fingerprint density at radius 2 is 2.11 bits per heavy atom. The lowest BCUT2D eigenvalue weighted by atomic mass is 10.2. The molecule has 19 heavy (non-hydrogen) atoms. The number of nitrogens with zero attached hydrogens (tertiary/aromatic N) is 3. The number of aliphatic hydroxyl groups excluding tert-OH is 1. The van der Waals surface area contributed by atoms with Crippen molar-refractivity contribution < 1.29 is 9.84 Å². The van der Waals surface area contributed by atoms with Gasteiger partial charge in [-0.05, 0) is 13.8 Å². The van der Waals surface area contributed by atoms with Gasteiger partial charge in [-0.15, -0.1) is 0 Å². The maximum Gasteiger partial charge on any atom is 0.131 e. The number of anilines is 1. The van der Waals surface area contributed by atoms with Gasteiger partial charge in [-0.25, -0.2) is 9.97 Å². The zero-order chi connectivity index (χ0) is 14.3. The highest BCUT2D eigenvalue weighted by atomic mass is 16.5. The minimum Gasteiger partial charge on any atom is -0.390 e. The average molecular weight is 267 g/mol. The van der Waals surface area contributed by atoms with Crippen LogP contribution < -0.4 is 4.90 Å². The van der Waals surface area contributed by atoms with Gasteiger partial charge in [0.25, 0.3) is 0 Å². The van der Waals surface area contributed by atoms with Crippen molar-refractivity contribution in [2.75, 3.05) is 31.2 Å². The Hall–Kier alpha value is -1.20. The van der Waals surface area contributed by atoms with Crippen molar-refractivity contribution in [2.45, 2.75) is 40.2 Å². The fraction of sp³-hybridized carbons (Fsp3) is 0.714. The Morgan fingerprint density at radius 3 is 2.63 bits per heavy atom. The third kappa shape index (κ3) is 4.44. The number of aliphatic hydroxyl groups is 1. The van der Waals surface area contributed by atoms with Crippen LogP contribution in [0.25, 0.3) is 0 Å². The van der Waals surface area contributed by atoms with Crippen LogP contribution in [0.5, 0.6) is 0 Å². The van der Waals surface area contributed by atoms with E-state index in [1.165, 1.54) is 0 Å². The van der Waals surface area contributed by atoms with Crippen LogP contribution in [0.3, 0.4) is 0 Å². The van der Waals surface area contributed by atoms with Crippen LogP contribution in [0.2, 0.25) is 0 Å². The zero-order valence-electron chi connectivity index (χ0n) is 12.4. The molecule has 0 saturated heterocycles. The minimum absolute atomic E-state index is 0.0668. The molecule has 1 heterocycles. The van der Waals surface area contributed by atoms with E-state index in [2.05, 4.69) is 21.8 Å². The quantitative estimate of drug-likeness (QED) is 0.730. The Labute approximate surface area is 115 Å². The Balaban J connectivity index is 2.89. The highest BCUT2D eigenvalue weighted by Gasteiger charge is 2.13. The van der Waals surface area contributed by atoms with Crippen molar-refractivity contribution in [1.29, 1.82) is 0 Å². The van der Waals surface area contributed by atoms with Gasteiger partial charge in [0, 0.05) is 25.6 Å². The molecule has 0 spiro atoms. The van der Waals surface area contributed by atoms with Gasteiger partial charge >= 0.3 is 0 Å². The van der Waals surface area contributed by atoms with Crippen molar-refractivity contribution in [2.24, 2.45) is 0 Å². The summed E-state index contributed by atoms with van der Waals surface area (Å²) in [6, 6.07) is 0. The SMILES string of the molecule is CCOCCN(CC)c1cnc(C(C)C)nc1CO. The molecule has 108 valence electrons. The van der Waals surface area contributed by atoms with E-state index in [1.807, 2.05) is 27.0 Å². The molecule has 0 aromatic carbocycles. The van der Waals surface area contributed by atoms with Gasteiger partial charge in [0.1, 0.15) is 5.82 Å². The summed E-state index contributed by atoms with van der Waals surface area (Å²) in [5.74, 6) is 1.03. The van der Waals surface area contributed by atoms with Gasteiger partial charge < -0.3 is 14.7 Å². The molecule has 0 saturated carbocycles. The largest absolute Gasteiger partial charge is 0.390 e. The zero-order valence-corrected chi connectivity index (χ0v) is 12.4. The van der Waals surface area contributed by atoms with Crippen molar-refractivity contribution in [3.8, 4) is 0 Å². The molecule has 0 radical (unpaired) electrons. The molecule has 0 bridgehead atoms. The fourth-order valence-corrected chi connectivity index (χ4v) is 1.85. The molecule has 1 N–H and O–H groups in total. The van der Waals surface area contributed by atoms with Crippen molar-refractivity contribution in [3.63, 3.8) is 0 Å². The lowest BCUT2D eigenvalue weighted by Crippen LogP contribution is -2.29. The van der Waals surface area contributed by atoms with Gasteiger partial charge in [-0.3, -0.25) is 0 Å². The van der Waals surface area contributed by atoms with E-state index < -0.39 is 0 Å². The predicted molar refractivity (Wildman–Crippen MR) is 76.4 cm³/mol. The van der Waals surface area contributed by atoms with Crippen LogP contribution >= 0.6 is 0 Å². The first-order valence-electron chi connectivity index (χ1n) is 6.93. The summed E-state index contributed by atoms with van der Waals surface area (Å²) in [5.41, 5.74) is 1.59. The molecule has 0 aliphatic carbocycles. The molecule has 1 aromatic rings. The Bertz CT molecular complexity index is 383. The molecule has 5 nitrogen and oxygen atoms in total. The molecule has 0 amide bonds. The summed E-state index contributed by atoms with van der Waals surface area (Å²) < 4.78 is 5.38. The summed E-state index contributed by atoms with van der Waals surface area (Å²) in [7, 11) is 0. The molecule has 0 aliphatic heterocycles. The van der Waals surface area contributed by atoms with E-state index >= 15 is 0 Å². The number of ether oxygens (including phenoxy) is 1. The summed E-state index contributed by atoms with van der Waals surface area (Å²) in [6.45, 7) is 11.1. The molecule has 0 fully saturated rings. The molecule has 1 aromatic heterocycles. The third-order valence-electron chi connectivity index (χ3n) is 2.96. The topological polar surface area (TPSA) is 58.5 Å². The van der Waals surface area contributed by atoms with E-state index in [0.29, 0.717) is 18.9 Å². The molecule has 0 aliphatic rings. The second kappa shape index (κ2) is 8.07. The van der Waals surface area contributed by atoms with E-state index in [4.69, 9.17) is 4.74 Å². The van der Waals surface area contributed by atoms with Crippen LogP contribution in [0.4, 0.5) is 5.69 Å². The molecular weight excluding hydrogens is 242 g/mol. The third-order valence-corrected chi connectivity index (χ3v) is 2.96. The van der Waals surface area contributed by atoms with E-state index in [0.717, 1.165) is 24.6 Å². The van der Waals surface area contributed by atoms with Gasteiger partial charge in [0.05, 0.1) is 30.8 Å². The maximum atomic E-state index is 9.49. The van der Waals surface area contributed by atoms with Gasteiger partial charge in [-0.2, -0.15) is 0 Å². The summed E-state index contributed by atoms with van der Waals surface area (Å²) in [6.07, 6.45) is 1.81. The highest BCUT2D eigenvalue weighted by Crippen LogP contribution is 2.20. The fourth-order valence-electron chi connectivity index (χ4n) is 1.85. The Morgan fingerprint density at radius 1 is 1.37 bits per heavy atom. The maximum absolute atomic E-state index is 9.49. The number of likely N-dealkylation sites (N-methyl/N-ethyl adjacent to an activating group) is 1. The summed E-state index contributed by atoms with van der Waals surface area (Å²) >= 11 is 0. The highest BCUT2D eigenvalue weighted by molar-refractivity contribution is 5.48. The Kier molecular flexibility index (Phi) is 6.73. The van der Waals surface area contributed by atoms with Crippen LogP contribution in [0.15, 0.2) is 6.20 Å². The van der Waals surface area contributed by atoms with E-state index in [1.54, 1.807) is 0 Å². The van der Waals surface area contributed by atoms with Crippen LogP contribution in [0.1, 0.15) is 45.1 Å². The first kappa shape index (κ1) is 15.9. The summed E-state index contributed by atoms with van der Waals surface area (Å²) in [5, 5.41) is 9.49. The molecular formula is C14H25N3O2. The molecule has 0 unspecified atom stereocenters. The second-order valence-corrected chi connectivity index (χ2v) is 4.65.